The van der Waals surface area contributed by atoms with Crippen LogP contribution < -0.4 is 0 Å². The van der Waals surface area contributed by atoms with Gasteiger partial charge in [0.05, 0.1) is 12.5 Å². The molecule has 4 nitrogen and oxygen atoms in total. The minimum atomic E-state index is -0.705. The molecule has 1 atom stereocenters. The molecule has 1 unspecified atom stereocenters. The van der Waals surface area contributed by atoms with Crippen LogP contribution in [0.25, 0.3) is 0 Å². The first-order valence-electron chi connectivity index (χ1n) is 16.5. The lowest BCUT2D eigenvalue weighted by atomic mass is 9.94. The molecule has 0 aliphatic carbocycles. The zero-order valence-electron chi connectivity index (χ0n) is 25.0. The number of esters is 1. The number of carboxylic acids is 1. The van der Waals surface area contributed by atoms with Gasteiger partial charge >= 0.3 is 11.9 Å². The molecule has 37 heavy (non-hydrogen) atoms. The Hall–Kier alpha value is -1.06. The monoisotopic (exact) mass is 524 g/mol. The minimum Gasteiger partial charge on any atom is -0.481 e. The average molecular weight is 525 g/mol. The molecule has 4 heteroatoms. The Morgan fingerprint density at radius 2 is 0.865 bits per heavy atom. The topological polar surface area (TPSA) is 63.6 Å². The molecule has 0 bridgehead atoms. The summed E-state index contributed by atoms with van der Waals surface area (Å²) in [5.41, 5.74) is 0. The van der Waals surface area contributed by atoms with Gasteiger partial charge in [0.2, 0.25) is 0 Å². The SMILES string of the molecule is CCCCCCCCCCCCCCCCCCOC(=O)C(CCCCC)CCCCCCCC(=O)O. The maximum atomic E-state index is 12.7. The highest BCUT2D eigenvalue weighted by Crippen LogP contribution is 2.20. The normalized spacial score (nSPS) is 12.1. The fraction of sp³-hybridized carbons (Fsp3) is 0.939. The van der Waals surface area contributed by atoms with Crippen molar-refractivity contribution in [1.82, 2.24) is 0 Å². The lowest BCUT2D eigenvalue weighted by Gasteiger charge is -2.16. The van der Waals surface area contributed by atoms with Crippen LogP contribution in [0.1, 0.15) is 187 Å². The van der Waals surface area contributed by atoms with Crippen LogP contribution in [0.5, 0.6) is 0 Å². The van der Waals surface area contributed by atoms with Gasteiger partial charge in [0.15, 0.2) is 0 Å². The molecule has 0 aromatic rings. The van der Waals surface area contributed by atoms with Crippen molar-refractivity contribution in [3.63, 3.8) is 0 Å². The molecule has 0 radical (unpaired) electrons. The number of carbonyl (C=O) groups excluding carboxylic acids is 1. The van der Waals surface area contributed by atoms with Gasteiger partial charge in [-0.3, -0.25) is 9.59 Å². The summed E-state index contributed by atoms with van der Waals surface area (Å²) < 4.78 is 5.67. The van der Waals surface area contributed by atoms with Crippen LogP contribution in [0.3, 0.4) is 0 Å². The van der Waals surface area contributed by atoms with Crippen molar-refractivity contribution < 1.29 is 19.4 Å². The molecule has 0 aliphatic heterocycles. The number of unbranched alkanes of at least 4 members (excludes halogenated alkanes) is 21. The van der Waals surface area contributed by atoms with Gasteiger partial charge in [-0.15, -0.1) is 0 Å². The molecule has 0 saturated carbocycles. The first kappa shape index (κ1) is 35.9. The Labute approximate surface area is 231 Å². The molecule has 0 heterocycles. The number of hydrogen-bond acceptors (Lipinski definition) is 3. The van der Waals surface area contributed by atoms with E-state index in [0.717, 1.165) is 57.8 Å². The summed E-state index contributed by atoms with van der Waals surface area (Å²) in [6.45, 7) is 5.06. The van der Waals surface area contributed by atoms with E-state index in [4.69, 9.17) is 9.84 Å². The number of carboxylic acid groups (broad SMARTS) is 1. The number of ether oxygens (including phenoxy) is 1. The van der Waals surface area contributed by atoms with Gasteiger partial charge in [0.1, 0.15) is 0 Å². The first-order valence-corrected chi connectivity index (χ1v) is 16.5. The van der Waals surface area contributed by atoms with Gasteiger partial charge in [-0.25, -0.2) is 0 Å². The van der Waals surface area contributed by atoms with Crippen molar-refractivity contribution in [3.05, 3.63) is 0 Å². The third-order valence-electron chi connectivity index (χ3n) is 7.67. The van der Waals surface area contributed by atoms with Crippen molar-refractivity contribution in [3.8, 4) is 0 Å². The van der Waals surface area contributed by atoms with Crippen LogP contribution in [0.2, 0.25) is 0 Å². The predicted octanol–water partition coefficient (Wildman–Crippen LogP) is 10.8. The summed E-state index contributed by atoms with van der Waals surface area (Å²) in [6.07, 6.45) is 32.1. The highest BCUT2D eigenvalue weighted by Gasteiger charge is 2.19. The van der Waals surface area contributed by atoms with Gasteiger partial charge in [-0.2, -0.15) is 0 Å². The predicted molar refractivity (Wildman–Crippen MR) is 158 cm³/mol. The van der Waals surface area contributed by atoms with Crippen LogP contribution in [0.4, 0.5) is 0 Å². The second-order valence-corrected chi connectivity index (χ2v) is 11.4. The van der Waals surface area contributed by atoms with Gasteiger partial charge in [-0.05, 0) is 25.7 Å². The van der Waals surface area contributed by atoms with Crippen LogP contribution in [0.15, 0.2) is 0 Å². The highest BCUT2D eigenvalue weighted by atomic mass is 16.5. The van der Waals surface area contributed by atoms with Crippen molar-refractivity contribution in [2.45, 2.75) is 187 Å². The van der Waals surface area contributed by atoms with Gasteiger partial charge in [-0.1, -0.05) is 155 Å². The molecule has 0 saturated heterocycles. The highest BCUT2D eigenvalue weighted by molar-refractivity contribution is 5.72. The molecule has 0 aliphatic rings. The van der Waals surface area contributed by atoms with E-state index in [0.29, 0.717) is 6.61 Å². The molecule has 0 aromatic heterocycles. The summed E-state index contributed by atoms with van der Waals surface area (Å²) in [7, 11) is 0. The summed E-state index contributed by atoms with van der Waals surface area (Å²) in [5, 5.41) is 8.72. The quantitative estimate of drug-likeness (QED) is 0.0749. The lowest BCUT2D eigenvalue weighted by Crippen LogP contribution is -2.18. The summed E-state index contributed by atoms with van der Waals surface area (Å²) in [5.74, 6) is -0.641. The van der Waals surface area contributed by atoms with E-state index in [1.165, 1.54) is 109 Å². The third-order valence-corrected chi connectivity index (χ3v) is 7.67. The number of aliphatic carboxylic acids is 1. The largest absolute Gasteiger partial charge is 0.481 e. The fourth-order valence-electron chi connectivity index (χ4n) is 5.16. The zero-order valence-corrected chi connectivity index (χ0v) is 25.0. The molecule has 0 spiro atoms. The van der Waals surface area contributed by atoms with E-state index in [9.17, 15) is 9.59 Å². The summed E-state index contributed by atoms with van der Waals surface area (Å²) in [4.78, 5) is 23.2. The van der Waals surface area contributed by atoms with Crippen molar-refractivity contribution in [2.24, 2.45) is 5.92 Å². The molecule has 0 rings (SSSR count). The van der Waals surface area contributed by atoms with Crippen molar-refractivity contribution in [2.75, 3.05) is 6.61 Å². The first-order chi connectivity index (χ1) is 18.1. The van der Waals surface area contributed by atoms with Crippen LogP contribution >= 0.6 is 0 Å². The molecule has 1 N–H and O–H groups in total. The fourth-order valence-corrected chi connectivity index (χ4v) is 5.16. The lowest BCUT2D eigenvalue weighted by molar-refractivity contribution is -0.149. The van der Waals surface area contributed by atoms with Crippen LogP contribution in [-0.4, -0.2) is 23.7 Å². The summed E-state index contributed by atoms with van der Waals surface area (Å²) >= 11 is 0. The Balaban J connectivity index is 3.66. The number of hydrogen-bond donors (Lipinski definition) is 1. The number of carbonyl (C=O) groups is 2. The second kappa shape index (κ2) is 29.5. The van der Waals surface area contributed by atoms with E-state index in [-0.39, 0.29) is 18.3 Å². The number of rotatable bonds is 30. The second-order valence-electron chi connectivity index (χ2n) is 11.4. The van der Waals surface area contributed by atoms with E-state index < -0.39 is 5.97 Å². The zero-order chi connectivity index (χ0) is 27.2. The standard InChI is InChI=1S/C33H64O4/c1-3-5-7-8-9-10-11-12-13-14-15-16-17-18-22-26-30-37-33(36)31(27-23-6-4-2)28-24-20-19-21-25-29-32(34)35/h31H,3-30H2,1-2H3,(H,34,35). The summed E-state index contributed by atoms with van der Waals surface area (Å²) in [6, 6.07) is 0. The van der Waals surface area contributed by atoms with Crippen molar-refractivity contribution in [1.29, 1.82) is 0 Å². The van der Waals surface area contributed by atoms with Crippen LogP contribution in [-0.2, 0) is 14.3 Å². The smallest absolute Gasteiger partial charge is 0.308 e. The maximum absolute atomic E-state index is 12.7. The van der Waals surface area contributed by atoms with Gasteiger partial charge < -0.3 is 9.84 Å². The Morgan fingerprint density at radius 1 is 0.514 bits per heavy atom. The molecule has 0 aromatic carbocycles. The molecule has 0 amide bonds. The average Bonchev–Trinajstić information content (AvgIpc) is 2.88. The van der Waals surface area contributed by atoms with E-state index in [1.807, 2.05) is 0 Å². The third kappa shape index (κ3) is 27.8. The van der Waals surface area contributed by atoms with Gasteiger partial charge in [0, 0.05) is 6.42 Å². The maximum Gasteiger partial charge on any atom is 0.308 e. The molecular formula is C33H64O4. The van der Waals surface area contributed by atoms with Crippen molar-refractivity contribution >= 4 is 11.9 Å². The van der Waals surface area contributed by atoms with E-state index in [2.05, 4.69) is 13.8 Å². The Morgan fingerprint density at radius 3 is 1.32 bits per heavy atom. The Kier molecular flexibility index (Phi) is 28.7. The van der Waals surface area contributed by atoms with Gasteiger partial charge in [0.25, 0.3) is 0 Å². The van der Waals surface area contributed by atoms with E-state index >= 15 is 0 Å². The molecular weight excluding hydrogens is 460 g/mol. The van der Waals surface area contributed by atoms with Crippen LogP contribution in [0, 0.1) is 5.92 Å². The molecule has 220 valence electrons. The molecule has 0 fully saturated rings. The van der Waals surface area contributed by atoms with E-state index in [1.54, 1.807) is 0 Å². The Bertz CT molecular complexity index is 491. The minimum absolute atomic E-state index is 0.0166.